The number of carbonyl (C=O) groups excluding carboxylic acids is 1. The molecular weight excluding hydrogens is 434 g/mol. The Kier molecular flexibility index (Phi) is 8.20. The smallest absolute Gasteiger partial charge is 0.271 e. The highest BCUT2D eigenvalue weighted by Crippen LogP contribution is 2.30. The van der Waals surface area contributed by atoms with Crippen molar-refractivity contribution in [1.29, 1.82) is 0 Å². The molecule has 0 aliphatic rings. The van der Waals surface area contributed by atoms with Gasteiger partial charge in [-0.3, -0.25) is 19.2 Å². The Morgan fingerprint density at radius 1 is 1.19 bits per heavy atom. The SMILES string of the molecule is CC[C@@H](C(=O)NCCOc1cccc(C)c1C)N(c1cc([N+](=O)[O-])ccc1C)S(C)(=O)=O. The zero-order chi connectivity index (χ0) is 24.1. The highest BCUT2D eigenvalue weighted by Gasteiger charge is 2.33. The molecule has 1 atom stereocenters. The van der Waals surface area contributed by atoms with E-state index in [2.05, 4.69) is 5.32 Å². The molecule has 0 unspecified atom stereocenters. The zero-order valence-electron chi connectivity index (χ0n) is 18.9. The molecule has 32 heavy (non-hydrogen) atoms. The zero-order valence-corrected chi connectivity index (χ0v) is 19.7. The average Bonchev–Trinajstić information content (AvgIpc) is 2.71. The fourth-order valence-electron chi connectivity index (χ4n) is 3.32. The number of hydrogen-bond acceptors (Lipinski definition) is 6. The summed E-state index contributed by atoms with van der Waals surface area (Å²) in [7, 11) is -3.90. The molecule has 174 valence electrons. The maximum Gasteiger partial charge on any atom is 0.271 e. The summed E-state index contributed by atoms with van der Waals surface area (Å²) < 4.78 is 31.9. The van der Waals surface area contributed by atoms with Gasteiger partial charge in [0.05, 0.1) is 23.4 Å². The maximum atomic E-state index is 12.9. The molecule has 0 aromatic heterocycles. The molecular formula is C22H29N3O6S. The summed E-state index contributed by atoms with van der Waals surface area (Å²) >= 11 is 0. The molecule has 10 heteroatoms. The van der Waals surface area contributed by atoms with Crippen LogP contribution in [0, 0.1) is 30.9 Å². The molecule has 0 aliphatic carbocycles. The summed E-state index contributed by atoms with van der Waals surface area (Å²) in [5.41, 5.74) is 2.46. The molecule has 2 aromatic carbocycles. The van der Waals surface area contributed by atoms with E-state index in [1.54, 1.807) is 13.8 Å². The Balaban J connectivity index is 2.19. The normalized spacial score (nSPS) is 12.2. The number of anilines is 1. The number of nitro groups is 1. The molecule has 1 N–H and O–H groups in total. The molecule has 0 radical (unpaired) electrons. The van der Waals surface area contributed by atoms with Gasteiger partial charge >= 0.3 is 0 Å². The van der Waals surface area contributed by atoms with Crippen LogP contribution in [0.15, 0.2) is 36.4 Å². The molecule has 2 aromatic rings. The van der Waals surface area contributed by atoms with E-state index in [0.717, 1.165) is 27.4 Å². The summed E-state index contributed by atoms with van der Waals surface area (Å²) in [5.74, 6) is 0.213. The van der Waals surface area contributed by atoms with E-state index >= 15 is 0 Å². The standard InChI is InChI=1S/C22H29N3O6S/c1-6-19(22(26)23-12-13-31-21-9-7-8-15(2)17(21)4)24(32(5,29)30)20-14-18(25(27)28)11-10-16(20)3/h7-11,14,19H,6,12-13H2,1-5H3,(H,23,26)/t19-/m0/s1. The van der Waals surface area contributed by atoms with Gasteiger partial charge < -0.3 is 10.1 Å². The first-order chi connectivity index (χ1) is 15.0. The molecule has 9 nitrogen and oxygen atoms in total. The van der Waals surface area contributed by atoms with Crippen molar-refractivity contribution in [1.82, 2.24) is 5.32 Å². The lowest BCUT2D eigenvalue weighted by Crippen LogP contribution is -2.50. The van der Waals surface area contributed by atoms with Crippen LogP contribution in [0.3, 0.4) is 0 Å². The molecule has 2 rings (SSSR count). The Hall–Kier alpha value is -3.14. The maximum absolute atomic E-state index is 12.9. The predicted octanol–water partition coefficient (Wildman–Crippen LogP) is 3.26. The molecule has 0 bridgehead atoms. The number of nitrogens with zero attached hydrogens (tertiary/aromatic N) is 2. The highest BCUT2D eigenvalue weighted by atomic mass is 32.2. The largest absolute Gasteiger partial charge is 0.491 e. The summed E-state index contributed by atoms with van der Waals surface area (Å²) in [6.07, 6.45) is 1.16. The summed E-state index contributed by atoms with van der Waals surface area (Å²) in [6, 6.07) is 8.58. The highest BCUT2D eigenvalue weighted by molar-refractivity contribution is 7.92. The number of carbonyl (C=O) groups is 1. The van der Waals surface area contributed by atoms with Crippen molar-refractivity contribution in [3.63, 3.8) is 0 Å². The second-order valence-corrected chi connectivity index (χ2v) is 9.41. The monoisotopic (exact) mass is 463 g/mol. The van der Waals surface area contributed by atoms with Crippen LogP contribution in [0.2, 0.25) is 0 Å². The molecule has 0 heterocycles. The van der Waals surface area contributed by atoms with Crippen molar-refractivity contribution in [3.05, 3.63) is 63.2 Å². The molecule has 0 saturated heterocycles. The number of ether oxygens (including phenoxy) is 1. The fraction of sp³-hybridized carbons (Fsp3) is 0.409. The van der Waals surface area contributed by atoms with Crippen LogP contribution < -0.4 is 14.4 Å². The van der Waals surface area contributed by atoms with Gasteiger partial charge in [0, 0.05) is 12.1 Å². The number of nitro benzene ring substituents is 1. The van der Waals surface area contributed by atoms with Gasteiger partial charge in [0.25, 0.3) is 5.69 Å². The summed E-state index contributed by atoms with van der Waals surface area (Å²) in [5, 5.41) is 13.9. The number of hydrogen-bond donors (Lipinski definition) is 1. The minimum absolute atomic E-state index is 0.107. The van der Waals surface area contributed by atoms with Gasteiger partial charge in [-0.2, -0.15) is 0 Å². The van der Waals surface area contributed by atoms with Crippen molar-refractivity contribution in [2.24, 2.45) is 0 Å². The predicted molar refractivity (Wildman–Crippen MR) is 124 cm³/mol. The van der Waals surface area contributed by atoms with Gasteiger partial charge in [-0.1, -0.05) is 25.1 Å². The lowest BCUT2D eigenvalue weighted by Gasteiger charge is -2.31. The summed E-state index contributed by atoms with van der Waals surface area (Å²) in [4.78, 5) is 23.5. The van der Waals surface area contributed by atoms with E-state index in [9.17, 15) is 23.3 Å². The van der Waals surface area contributed by atoms with E-state index in [1.165, 1.54) is 18.2 Å². The van der Waals surface area contributed by atoms with Gasteiger partial charge in [-0.05, 0) is 49.9 Å². The van der Waals surface area contributed by atoms with Gasteiger partial charge in [-0.15, -0.1) is 0 Å². The molecule has 0 saturated carbocycles. The number of sulfonamides is 1. The van der Waals surface area contributed by atoms with E-state index in [1.807, 2.05) is 32.0 Å². The van der Waals surface area contributed by atoms with Crippen molar-refractivity contribution in [2.45, 2.75) is 40.2 Å². The number of amides is 1. The minimum atomic E-state index is -3.90. The van der Waals surface area contributed by atoms with E-state index in [4.69, 9.17) is 4.74 Å². The van der Waals surface area contributed by atoms with Crippen LogP contribution in [-0.2, 0) is 14.8 Å². The number of benzene rings is 2. The van der Waals surface area contributed by atoms with Crippen molar-refractivity contribution in [3.8, 4) is 5.75 Å². The van der Waals surface area contributed by atoms with Gasteiger partial charge in [0.15, 0.2) is 0 Å². The van der Waals surface area contributed by atoms with Crippen LogP contribution in [0.1, 0.15) is 30.0 Å². The first kappa shape index (κ1) is 25.1. The number of nitrogens with one attached hydrogen (secondary N) is 1. The molecule has 1 amide bonds. The fourth-order valence-corrected chi connectivity index (χ4v) is 4.58. The second-order valence-electron chi connectivity index (χ2n) is 7.55. The second kappa shape index (κ2) is 10.4. The third-order valence-electron chi connectivity index (χ3n) is 5.18. The topological polar surface area (TPSA) is 119 Å². The lowest BCUT2D eigenvalue weighted by molar-refractivity contribution is -0.384. The number of rotatable bonds is 10. The van der Waals surface area contributed by atoms with Crippen molar-refractivity contribution >= 4 is 27.3 Å². The van der Waals surface area contributed by atoms with Crippen LogP contribution >= 0.6 is 0 Å². The van der Waals surface area contributed by atoms with Crippen molar-refractivity contribution in [2.75, 3.05) is 23.7 Å². The first-order valence-electron chi connectivity index (χ1n) is 10.2. The third-order valence-corrected chi connectivity index (χ3v) is 6.35. The van der Waals surface area contributed by atoms with Gasteiger partial charge in [0.2, 0.25) is 15.9 Å². The molecule has 0 aliphatic heterocycles. The van der Waals surface area contributed by atoms with Crippen LogP contribution in [0.4, 0.5) is 11.4 Å². The average molecular weight is 464 g/mol. The Bertz CT molecular complexity index is 1100. The quantitative estimate of drug-likeness (QED) is 0.328. The molecule has 0 fully saturated rings. The lowest BCUT2D eigenvalue weighted by atomic mass is 10.1. The van der Waals surface area contributed by atoms with E-state index < -0.39 is 26.9 Å². The third kappa shape index (κ3) is 5.97. The Morgan fingerprint density at radius 3 is 2.47 bits per heavy atom. The van der Waals surface area contributed by atoms with Crippen LogP contribution in [0.5, 0.6) is 5.75 Å². The number of non-ortho nitro benzene ring substituents is 1. The Labute approximate surface area is 188 Å². The molecule has 0 spiro atoms. The minimum Gasteiger partial charge on any atom is -0.491 e. The van der Waals surface area contributed by atoms with Gasteiger partial charge in [0.1, 0.15) is 18.4 Å². The van der Waals surface area contributed by atoms with Crippen LogP contribution in [0.25, 0.3) is 0 Å². The summed E-state index contributed by atoms with van der Waals surface area (Å²) in [6.45, 7) is 7.63. The first-order valence-corrected chi connectivity index (χ1v) is 12.0. The van der Waals surface area contributed by atoms with Crippen LogP contribution in [-0.4, -0.2) is 44.7 Å². The van der Waals surface area contributed by atoms with E-state index in [0.29, 0.717) is 5.56 Å². The van der Waals surface area contributed by atoms with Gasteiger partial charge in [-0.25, -0.2) is 8.42 Å². The van der Waals surface area contributed by atoms with Crippen molar-refractivity contribution < 1.29 is 22.9 Å². The van der Waals surface area contributed by atoms with E-state index in [-0.39, 0.29) is 30.9 Å². The number of aryl methyl sites for hydroxylation is 2. The Morgan fingerprint density at radius 2 is 1.88 bits per heavy atom.